The molecule has 2 aliphatic rings. The minimum absolute atomic E-state index is 0.0590. The Kier molecular flexibility index (Phi) is 7.33. The van der Waals surface area contributed by atoms with Crippen LogP contribution >= 0.6 is 0 Å². The average molecular weight is 487 g/mol. The average Bonchev–Trinajstić information content (AvgIpc) is 3.44. The highest BCUT2D eigenvalue weighted by atomic mass is 19.3. The fraction of sp³-hybridized carbons (Fsp3) is 0.423. The van der Waals surface area contributed by atoms with Gasteiger partial charge in [-0.15, -0.1) is 0 Å². The third-order valence-corrected chi connectivity index (χ3v) is 6.97. The first-order valence-corrected chi connectivity index (χ1v) is 11.7. The number of benzene rings is 2. The van der Waals surface area contributed by atoms with Crippen LogP contribution in [0.4, 0.5) is 13.6 Å². The number of alkyl carbamates (subject to hydrolysis) is 1. The van der Waals surface area contributed by atoms with Gasteiger partial charge in [-0.05, 0) is 35.1 Å². The summed E-state index contributed by atoms with van der Waals surface area (Å²) < 4.78 is 31.0. The number of carbonyl (C=O) groups excluding carboxylic acids is 2. The first-order chi connectivity index (χ1) is 16.8. The number of ether oxygens (including phenoxy) is 1. The fourth-order valence-corrected chi connectivity index (χ4v) is 5.14. The molecular formula is C26H28F2N2O5. The summed E-state index contributed by atoms with van der Waals surface area (Å²) in [5.74, 6) is -2.26. The Morgan fingerprint density at radius 3 is 2.11 bits per heavy atom. The summed E-state index contributed by atoms with van der Waals surface area (Å²) in [5, 5.41) is 14.1. The molecule has 1 unspecified atom stereocenters. The van der Waals surface area contributed by atoms with E-state index in [0.29, 0.717) is 25.7 Å². The highest BCUT2D eigenvalue weighted by Crippen LogP contribution is 2.44. The molecule has 0 aromatic heterocycles. The van der Waals surface area contributed by atoms with Crippen LogP contribution in [0.15, 0.2) is 48.5 Å². The zero-order valence-corrected chi connectivity index (χ0v) is 19.1. The smallest absolute Gasteiger partial charge is 0.407 e. The van der Waals surface area contributed by atoms with E-state index in [1.165, 1.54) is 0 Å². The zero-order valence-electron chi connectivity index (χ0n) is 19.1. The van der Waals surface area contributed by atoms with E-state index in [-0.39, 0.29) is 19.1 Å². The van der Waals surface area contributed by atoms with Crippen LogP contribution in [0.1, 0.15) is 49.1 Å². The second-order valence-corrected chi connectivity index (χ2v) is 9.16. The molecule has 7 nitrogen and oxygen atoms in total. The van der Waals surface area contributed by atoms with Crippen LogP contribution in [0.3, 0.4) is 0 Å². The van der Waals surface area contributed by atoms with E-state index in [4.69, 9.17) is 4.74 Å². The molecule has 9 heteroatoms. The number of amides is 2. The maximum absolute atomic E-state index is 12.9. The molecule has 0 bridgehead atoms. The van der Waals surface area contributed by atoms with Crippen LogP contribution in [0.25, 0.3) is 11.1 Å². The number of aliphatic carboxylic acids is 1. The lowest BCUT2D eigenvalue weighted by molar-refractivity contribution is -0.145. The van der Waals surface area contributed by atoms with Gasteiger partial charge in [0.05, 0.1) is 5.41 Å². The van der Waals surface area contributed by atoms with E-state index < -0.39 is 42.3 Å². The minimum Gasteiger partial charge on any atom is -0.480 e. The van der Waals surface area contributed by atoms with E-state index in [1.54, 1.807) is 0 Å². The van der Waals surface area contributed by atoms with E-state index >= 15 is 0 Å². The second-order valence-electron chi connectivity index (χ2n) is 9.16. The Hall–Kier alpha value is -3.49. The number of alkyl halides is 2. The van der Waals surface area contributed by atoms with Crippen LogP contribution in [-0.4, -0.2) is 48.7 Å². The minimum atomic E-state index is -2.87. The number of carboxylic acid groups (broad SMARTS) is 1. The number of hydrogen-bond acceptors (Lipinski definition) is 4. The number of carbonyl (C=O) groups is 3. The van der Waals surface area contributed by atoms with Crippen LogP contribution in [-0.2, 0) is 14.3 Å². The van der Waals surface area contributed by atoms with Crippen LogP contribution in [0.2, 0.25) is 0 Å². The third kappa shape index (κ3) is 5.28. The van der Waals surface area contributed by atoms with Crippen molar-refractivity contribution < 1.29 is 33.0 Å². The molecule has 4 rings (SSSR count). The van der Waals surface area contributed by atoms with Gasteiger partial charge < -0.3 is 20.5 Å². The van der Waals surface area contributed by atoms with Gasteiger partial charge in [0.15, 0.2) is 0 Å². The van der Waals surface area contributed by atoms with Gasteiger partial charge in [0.1, 0.15) is 12.6 Å². The van der Waals surface area contributed by atoms with Crippen molar-refractivity contribution in [2.45, 2.75) is 50.5 Å². The molecule has 2 aromatic rings. The van der Waals surface area contributed by atoms with Crippen LogP contribution < -0.4 is 10.6 Å². The molecular weight excluding hydrogens is 458 g/mol. The first-order valence-electron chi connectivity index (χ1n) is 11.7. The molecule has 1 atom stereocenters. The lowest BCUT2D eigenvalue weighted by atomic mass is 9.84. The third-order valence-electron chi connectivity index (χ3n) is 6.97. The maximum atomic E-state index is 12.9. The Bertz CT molecular complexity index is 1060. The summed E-state index contributed by atoms with van der Waals surface area (Å²) in [4.78, 5) is 36.8. The molecule has 1 saturated carbocycles. The van der Waals surface area contributed by atoms with Gasteiger partial charge in [-0.2, -0.15) is 0 Å². The molecule has 2 aromatic carbocycles. The Balaban J connectivity index is 1.37. The molecule has 2 amide bonds. The van der Waals surface area contributed by atoms with Gasteiger partial charge in [-0.1, -0.05) is 61.4 Å². The molecule has 35 heavy (non-hydrogen) atoms. The van der Waals surface area contributed by atoms with E-state index in [1.807, 2.05) is 48.5 Å². The molecule has 0 heterocycles. The maximum Gasteiger partial charge on any atom is 0.407 e. The Morgan fingerprint density at radius 2 is 1.57 bits per heavy atom. The van der Waals surface area contributed by atoms with Crippen molar-refractivity contribution in [3.8, 4) is 11.1 Å². The number of carboxylic acids is 1. The molecule has 0 radical (unpaired) electrons. The summed E-state index contributed by atoms with van der Waals surface area (Å²) in [6.45, 7) is 0.0606. The molecule has 1 fully saturated rings. The van der Waals surface area contributed by atoms with Gasteiger partial charge in [0, 0.05) is 18.9 Å². The standard InChI is InChI=1S/C26H28F2N2O5/c27-22(28)13-21(23(31)32)30-24(33)26(11-5-6-12-26)15-29-25(34)35-14-20-18-9-3-1-7-16(18)17-8-2-4-10-19(17)20/h1-4,7-10,20-22H,5-6,11-15H2,(H,29,34)(H,30,33)(H,31,32). The van der Waals surface area contributed by atoms with Gasteiger partial charge in [0.25, 0.3) is 0 Å². The van der Waals surface area contributed by atoms with Gasteiger partial charge in [-0.3, -0.25) is 4.79 Å². The van der Waals surface area contributed by atoms with Crippen molar-refractivity contribution >= 4 is 18.0 Å². The van der Waals surface area contributed by atoms with Crippen molar-refractivity contribution in [2.24, 2.45) is 5.41 Å². The molecule has 2 aliphatic carbocycles. The largest absolute Gasteiger partial charge is 0.480 e. The predicted octanol–water partition coefficient (Wildman–Crippen LogP) is 4.31. The normalized spacial score (nSPS) is 16.9. The lowest BCUT2D eigenvalue weighted by Gasteiger charge is -2.29. The van der Waals surface area contributed by atoms with Gasteiger partial charge in [-0.25, -0.2) is 18.4 Å². The molecule has 3 N–H and O–H groups in total. The molecule has 0 aliphatic heterocycles. The highest BCUT2D eigenvalue weighted by Gasteiger charge is 2.43. The summed E-state index contributed by atoms with van der Waals surface area (Å²) in [6.07, 6.45) is -2.26. The van der Waals surface area contributed by atoms with Crippen molar-refractivity contribution in [3.63, 3.8) is 0 Å². The molecule has 0 spiro atoms. The zero-order chi connectivity index (χ0) is 25.0. The summed E-state index contributed by atoms with van der Waals surface area (Å²) in [7, 11) is 0. The van der Waals surface area contributed by atoms with E-state index in [2.05, 4.69) is 10.6 Å². The summed E-state index contributed by atoms with van der Waals surface area (Å²) in [5.41, 5.74) is 3.31. The predicted molar refractivity (Wildman–Crippen MR) is 124 cm³/mol. The molecule has 0 saturated heterocycles. The quantitative estimate of drug-likeness (QED) is 0.490. The van der Waals surface area contributed by atoms with Crippen molar-refractivity contribution in [3.05, 3.63) is 59.7 Å². The van der Waals surface area contributed by atoms with Gasteiger partial charge in [0.2, 0.25) is 12.3 Å². The number of halogens is 2. The second kappa shape index (κ2) is 10.4. The van der Waals surface area contributed by atoms with Crippen LogP contribution in [0.5, 0.6) is 0 Å². The first kappa shape index (κ1) is 24.6. The van der Waals surface area contributed by atoms with E-state index in [0.717, 1.165) is 22.3 Å². The Labute approximate surface area is 201 Å². The number of hydrogen-bond donors (Lipinski definition) is 3. The fourth-order valence-electron chi connectivity index (χ4n) is 5.14. The monoisotopic (exact) mass is 486 g/mol. The summed E-state index contributed by atoms with van der Waals surface area (Å²) >= 11 is 0. The number of fused-ring (bicyclic) bond motifs is 3. The SMILES string of the molecule is O=C(NCC1(C(=O)NC(CC(F)F)C(=O)O)CCCC1)OCC1c2ccccc2-c2ccccc21. The Morgan fingerprint density at radius 1 is 1.00 bits per heavy atom. The highest BCUT2D eigenvalue weighted by molar-refractivity contribution is 5.88. The molecule has 186 valence electrons. The van der Waals surface area contributed by atoms with Crippen LogP contribution in [0, 0.1) is 5.41 Å². The van der Waals surface area contributed by atoms with Gasteiger partial charge >= 0.3 is 12.1 Å². The van der Waals surface area contributed by atoms with Crippen molar-refractivity contribution in [1.29, 1.82) is 0 Å². The van der Waals surface area contributed by atoms with E-state index in [9.17, 15) is 28.3 Å². The lowest BCUT2D eigenvalue weighted by Crippen LogP contribution is -2.52. The summed E-state index contributed by atoms with van der Waals surface area (Å²) in [6, 6.07) is 14.2. The number of nitrogens with one attached hydrogen (secondary N) is 2. The van der Waals surface area contributed by atoms with Crippen molar-refractivity contribution in [1.82, 2.24) is 10.6 Å². The topological polar surface area (TPSA) is 105 Å². The number of rotatable bonds is 9. The van der Waals surface area contributed by atoms with Crippen molar-refractivity contribution in [2.75, 3.05) is 13.2 Å².